The van der Waals surface area contributed by atoms with Gasteiger partial charge in [-0.15, -0.1) is 0 Å². The maximum atomic E-state index is 13.8. The minimum atomic E-state index is -2.09. The van der Waals surface area contributed by atoms with Crippen LogP contribution in [0.4, 0.5) is 0 Å². The lowest BCUT2D eigenvalue weighted by Gasteiger charge is -2.53. The molecule has 3 nitrogen and oxygen atoms in total. The molecule has 4 bridgehead atoms. The van der Waals surface area contributed by atoms with Gasteiger partial charge in [-0.2, -0.15) is 0 Å². The van der Waals surface area contributed by atoms with Crippen molar-refractivity contribution in [2.45, 2.75) is 76.5 Å². The Balaban J connectivity index is 1.83. The minimum Gasteiger partial charge on any atom is -0.409 e. The summed E-state index contributed by atoms with van der Waals surface area (Å²) in [5.74, 6) is 0.357. The molecule has 27 heavy (non-hydrogen) atoms. The van der Waals surface area contributed by atoms with Crippen molar-refractivity contribution < 1.29 is 14.0 Å². The number of rotatable bonds is 4. The maximum absolute atomic E-state index is 13.8. The lowest BCUT2D eigenvalue weighted by atomic mass is 9.60. The van der Waals surface area contributed by atoms with Gasteiger partial charge in [0.05, 0.1) is 23.7 Å². The molecule has 0 aromatic heterocycles. The summed E-state index contributed by atoms with van der Waals surface area (Å²) in [6.45, 7) is 11.3. The van der Waals surface area contributed by atoms with Crippen LogP contribution in [0.1, 0.15) is 51.7 Å². The van der Waals surface area contributed by atoms with Crippen LogP contribution in [-0.2, 0) is 14.0 Å². The number of carbonyl (C=O) groups is 1. The minimum absolute atomic E-state index is 0.0111. The fourth-order valence-electron chi connectivity index (χ4n) is 4.78. The van der Waals surface area contributed by atoms with E-state index in [0.29, 0.717) is 5.78 Å². The topological polar surface area (TPSA) is 35.5 Å². The molecule has 5 atom stereocenters. The largest absolute Gasteiger partial charge is 0.409 e. The molecule has 0 N–H and O–H groups in total. The van der Waals surface area contributed by atoms with Gasteiger partial charge in [0.25, 0.3) is 0 Å². The van der Waals surface area contributed by atoms with Crippen molar-refractivity contribution in [1.82, 2.24) is 0 Å². The van der Waals surface area contributed by atoms with Crippen LogP contribution in [0.25, 0.3) is 0 Å². The molecule has 2 heterocycles. The zero-order valence-corrected chi connectivity index (χ0v) is 18.2. The Morgan fingerprint density at radius 3 is 2.56 bits per heavy atom. The lowest BCUT2D eigenvalue weighted by Crippen LogP contribution is -2.60. The Morgan fingerprint density at radius 2 is 1.89 bits per heavy atom. The van der Waals surface area contributed by atoms with E-state index in [1.54, 1.807) is 0 Å². The third-order valence-corrected chi connectivity index (χ3v) is 11.8. The zero-order chi connectivity index (χ0) is 19.4. The van der Waals surface area contributed by atoms with Gasteiger partial charge < -0.3 is 9.16 Å². The maximum Gasteiger partial charge on any atom is 0.192 e. The highest BCUT2D eigenvalue weighted by molar-refractivity contribution is 6.74. The van der Waals surface area contributed by atoms with Crippen molar-refractivity contribution in [2.24, 2.45) is 11.3 Å². The Kier molecular flexibility index (Phi) is 4.52. The van der Waals surface area contributed by atoms with E-state index in [1.165, 1.54) is 0 Å². The van der Waals surface area contributed by atoms with Crippen LogP contribution in [-0.4, -0.2) is 26.3 Å². The van der Waals surface area contributed by atoms with E-state index < -0.39 is 13.7 Å². The summed E-state index contributed by atoms with van der Waals surface area (Å²) in [7, 11) is -2.09. The van der Waals surface area contributed by atoms with E-state index in [4.69, 9.17) is 9.16 Å². The van der Waals surface area contributed by atoms with Crippen molar-refractivity contribution in [2.75, 3.05) is 0 Å². The molecule has 1 aromatic rings. The summed E-state index contributed by atoms with van der Waals surface area (Å²) in [6, 6.07) is 10.4. The predicted octanol–water partition coefficient (Wildman–Crippen LogP) is 5.44. The second kappa shape index (κ2) is 6.40. The van der Waals surface area contributed by atoms with Crippen LogP contribution in [0.3, 0.4) is 0 Å². The third kappa shape index (κ3) is 2.88. The smallest absolute Gasteiger partial charge is 0.192 e. The number of hydrogen-bond donors (Lipinski definition) is 0. The molecule has 4 heteroatoms. The molecule has 0 radical (unpaired) electrons. The Labute approximate surface area is 164 Å². The van der Waals surface area contributed by atoms with Gasteiger partial charge in [0.1, 0.15) is 0 Å². The van der Waals surface area contributed by atoms with Crippen LogP contribution in [0.2, 0.25) is 18.1 Å². The van der Waals surface area contributed by atoms with E-state index >= 15 is 0 Å². The van der Waals surface area contributed by atoms with E-state index in [2.05, 4.69) is 70.3 Å². The average molecular weight is 385 g/mol. The predicted molar refractivity (Wildman–Crippen MR) is 110 cm³/mol. The van der Waals surface area contributed by atoms with Crippen LogP contribution in [0.15, 0.2) is 42.5 Å². The summed E-state index contributed by atoms with van der Waals surface area (Å²) in [6.07, 6.45) is 6.67. The standard InChI is InChI=1S/C23H32O3Si/c1-22(2,3)27(4,5)26-21(16-10-7-6-8-11-16)23-15-9-12-17(20(23)24)18-13-14-19(23)25-18/h6-8,10-11,13-14,17-19,21H,9,12,15H2,1-5H3/t17-,18-,19+,21-,23-/m0/s1. The Hall–Kier alpha value is -1.23. The first kappa shape index (κ1) is 19.1. The van der Waals surface area contributed by atoms with Crippen molar-refractivity contribution in [3.63, 3.8) is 0 Å². The number of carbonyl (C=O) groups excluding carboxylic acids is 1. The highest BCUT2D eigenvalue weighted by atomic mass is 28.4. The normalized spacial score (nSPS) is 34.0. The van der Waals surface area contributed by atoms with Gasteiger partial charge in [0.15, 0.2) is 14.1 Å². The molecule has 2 fully saturated rings. The fourth-order valence-corrected chi connectivity index (χ4v) is 6.07. The molecule has 1 saturated heterocycles. The van der Waals surface area contributed by atoms with E-state index in [-0.39, 0.29) is 29.3 Å². The van der Waals surface area contributed by atoms with Crippen LogP contribution in [0, 0.1) is 11.3 Å². The first-order chi connectivity index (χ1) is 12.7. The molecule has 0 amide bonds. The van der Waals surface area contributed by atoms with Gasteiger partial charge in [-0.05, 0) is 36.5 Å². The van der Waals surface area contributed by atoms with Gasteiger partial charge in [-0.3, -0.25) is 4.79 Å². The van der Waals surface area contributed by atoms with Crippen LogP contribution in [0.5, 0.6) is 0 Å². The van der Waals surface area contributed by atoms with E-state index in [9.17, 15) is 4.79 Å². The van der Waals surface area contributed by atoms with Crippen LogP contribution >= 0.6 is 0 Å². The summed E-state index contributed by atoms with van der Waals surface area (Å²) in [5.41, 5.74) is 0.516. The Bertz CT molecular complexity index is 749. The van der Waals surface area contributed by atoms with Gasteiger partial charge >= 0.3 is 0 Å². The van der Waals surface area contributed by atoms with Crippen LogP contribution < -0.4 is 0 Å². The first-order valence-electron chi connectivity index (χ1n) is 10.3. The molecular formula is C23H32O3Si. The average Bonchev–Trinajstić information content (AvgIpc) is 3.08. The first-order valence-corrected chi connectivity index (χ1v) is 13.2. The number of ether oxygens (including phenoxy) is 1. The molecule has 1 saturated carbocycles. The molecular weight excluding hydrogens is 352 g/mol. The zero-order valence-electron chi connectivity index (χ0n) is 17.2. The Morgan fingerprint density at radius 1 is 1.19 bits per heavy atom. The number of benzene rings is 1. The number of ketones is 1. The van der Waals surface area contributed by atoms with Gasteiger partial charge in [0.2, 0.25) is 0 Å². The molecule has 0 unspecified atom stereocenters. The van der Waals surface area contributed by atoms with Gasteiger partial charge in [0, 0.05) is 5.92 Å². The highest BCUT2D eigenvalue weighted by Crippen LogP contribution is 2.58. The fraction of sp³-hybridized carbons (Fsp3) is 0.609. The lowest BCUT2D eigenvalue weighted by molar-refractivity contribution is -0.184. The summed E-state index contributed by atoms with van der Waals surface area (Å²) in [4.78, 5) is 13.8. The summed E-state index contributed by atoms with van der Waals surface area (Å²) in [5, 5.41) is 0.0807. The van der Waals surface area contributed by atoms with Crippen molar-refractivity contribution in [3.05, 3.63) is 48.0 Å². The summed E-state index contributed by atoms with van der Waals surface area (Å²) >= 11 is 0. The van der Waals surface area contributed by atoms with Crippen molar-refractivity contribution in [3.8, 4) is 0 Å². The van der Waals surface area contributed by atoms with Gasteiger partial charge in [-0.25, -0.2) is 0 Å². The third-order valence-electron chi connectivity index (χ3n) is 7.37. The summed E-state index contributed by atoms with van der Waals surface area (Å²) < 4.78 is 13.4. The molecule has 4 rings (SSSR count). The molecule has 0 spiro atoms. The molecule has 2 aliphatic heterocycles. The SMILES string of the molecule is CC(C)(C)[Si](C)(C)O[C@@H](c1ccccc1)[C@]12CCC[C@H](C1=O)[C@@H]1C=C[C@H]2O1. The second-order valence-electron chi connectivity index (χ2n) is 9.98. The molecule has 146 valence electrons. The van der Waals surface area contributed by atoms with Crippen molar-refractivity contribution in [1.29, 1.82) is 0 Å². The highest BCUT2D eigenvalue weighted by Gasteiger charge is 2.63. The molecule has 1 aromatic carbocycles. The second-order valence-corrected chi connectivity index (χ2v) is 14.7. The number of fused-ring (bicyclic) bond motifs is 6. The quantitative estimate of drug-likeness (QED) is 0.512. The van der Waals surface area contributed by atoms with Crippen molar-refractivity contribution >= 4 is 14.1 Å². The van der Waals surface area contributed by atoms with E-state index in [0.717, 1.165) is 24.8 Å². The molecule has 3 aliphatic rings. The molecule has 1 aliphatic carbocycles. The van der Waals surface area contributed by atoms with Gasteiger partial charge in [-0.1, -0.05) is 69.7 Å². The van der Waals surface area contributed by atoms with E-state index in [1.807, 2.05) is 6.07 Å². The number of hydrogen-bond acceptors (Lipinski definition) is 3. The monoisotopic (exact) mass is 384 g/mol. The number of Topliss-reactive ketones (excluding diaryl/α,β-unsaturated/α-hetero) is 1.